The van der Waals surface area contributed by atoms with E-state index in [2.05, 4.69) is 101 Å². The van der Waals surface area contributed by atoms with Crippen molar-refractivity contribution in [2.24, 2.45) is 0 Å². The fraction of sp³-hybridized carbons (Fsp3) is 0.667. The van der Waals surface area contributed by atoms with E-state index in [0.717, 1.165) is 90.0 Å². The summed E-state index contributed by atoms with van der Waals surface area (Å²) >= 11 is 0. The van der Waals surface area contributed by atoms with Crippen molar-refractivity contribution in [1.82, 2.24) is 4.90 Å². The molecule has 2 rings (SSSR count). The van der Waals surface area contributed by atoms with Crippen LogP contribution in [0.5, 0.6) is 0 Å². The number of carbonyl (C=O) groups is 2. The summed E-state index contributed by atoms with van der Waals surface area (Å²) in [6, 6.07) is 17.3. The highest BCUT2D eigenvalue weighted by Crippen LogP contribution is 2.21. The van der Waals surface area contributed by atoms with Crippen molar-refractivity contribution in [2.75, 3.05) is 20.6 Å². The van der Waals surface area contributed by atoms with E-state index >= 15 is 0 Å². The van der Waals surface area contributed by atoms with Crippen LogP contribution in [0.15, 0.2) is 60.2 Å². The monoisotopic (exact) mass is 732 g/mol. The highest BCUT2D eigenvalue weighted by atomic mass is 16.5. The van der Waals surface area contributed by atoms with Crippen molar-refractivity contribution in [3.05, 3.63) is 82.4 Å². The van der Waals surface area contributed by atoms with Gasteiger partial charge in [-0.05, 0) is 123 Å². The number of hydrogen-bond acceptors (Lipinski definition) is 5. The van der Waals surface area contributed by atoms with Gasteiger partial charge in [0.15, 0.2) is 0 Å². The number of benzene rings is 2. The molecule has 0 aliphatic carbocycles. The maximum Gasteiger partial charge on any atom is 0.306 e. The van der Waals surface area contributed by atoms with Gasteiger partial charge < -0.3 is 14.4 Å². The Morgan fingerprint density at radius 3 is 1.40 bits per heavy atom. The third-order valence-electron chi connectivity index (χ3n) is 10.4. The van der Waals surface area contributed by atoms with Gasteiger partial charge in [-0.1, -0.05) is 137 Å². The maximum atomic E-state index is 13.2. The molecule has 0 aromatic heterocycles. The van der Waals surface area contributed by atoms with Crippen LogP contribution in [-0.2, 0) is 31.9 Å². The van der Waals surface area contributed by atoms with Crippen molar-refractivity contribution in [2.45, 2.75) is 188 Å². The lowest BCUT2D eigenvalue weighted by molar-refractivity contribution is -0.150. The van der Waals surface area contributed by atoms with Crippen LogP contribution in [0.2, 0.25) is 0 Å². The Morgan fingerprint density at radius 2 is 0.981 bits per heavy atom. The summed E-state index contributed by atoms with van der Waals surface area (Å²) < 4.78 is 12.2. The van der Waals surface area contributed by atoms with Gasteiger partial charge in [0.1, 0.15) is 12.2 Å². The summed E-state index contributed by atoms with van der Waals surface area (Å²) in [7, 11) is 4.19. The van der Waals surface area contributed by atoms with Crippen LogP contribution in [0.3, 0.4) is 0 Å². The van der Waals surface area contributed by atoms with Crippen LogP contribution in [0.4, 0.5) is 0 Å². The zero-order valence-corrected chi connectivity index (χ0v) is 34.9. The van der Waals surface area contributed by atoms with Crippen LogP contribution in [0, 0.1) is 13.8 Å². The summed E-state index contributed by atoms with van der Waals surface area (Å²) in [5, 5.41) is 0. The molecule has 53 heavy (non-hydrogen) atoms. The molecule has 5 nitrogen and oxygen atoms in total. The topological polar surface area (TPSA) is 55.8 Å². The van der Waals surface area contributed by atoms with E-state index in [0.29, 0.717) is 12.8 Å². The van der Waals surface area contributed by atoms with Crippen molar-refractivity contribution in [1.29, 1.82) is 0 Å². The number of ether oxygens (including phenoxy) is 2. The highest BCUT2D eigenvalue weighted by molar-refractivity contribution is 5.70. The molecule has 0 amide bonds. The zero-order chi connectivity index (χ0) is 38.5. The quantitative estimate of drug-likeness (QED) is 0.0439. The van der Waals surface area contributed by atoms with Gasteiger partial charge in [-0.3, -0.25) is 9.59 Å². The normalized spacial score (nSPS) is 11.9. The first kappa shape index (κ1) is 46.2. The summed E-state index contributed by atoms with van der Waals surface area (Å²) in [6.45, 7) is 9.69. The molecule has 0 aliphatic heterocycles. The number of aryl methyl sites for hydroxylation is 4. The van der Waals surface area contributed by atoms with E-state index in [-0.39, 0.29) is 24.1 Å². The molecule has 0 radical (unpaired) electrons. The van der Waals surface area contributed by atoms with Gasteiger partial charge >= 0.3 is 11.9 Å². The molecule has 0 N–H and O–H groups in total. The second-order valence-electron chi connectivity index (χ2n) is 15.8. The summed E-state index contributed by atoms with van der Waals surface area (Å²) in [5.41, 5.74) is 6.41. The number of hydrogen-bond donors (Lipinski definition) is 0. The molecule has 0 spiro atoms. The van der Waals surface area contributed by atoms with Crippen LogP contribution < -0.4 is 0 Å². The van der Waals surface area contributed by atoms with Gasteiger partial charge in [0.25, 0.3) is 0 Å². The predicted octanol–water partition coefficient (Wildman–Crippen LogP) is 12.6. The van der Waals surface area contributed by atoms with Crippen molar-refractivity contribution in [3.8, 4) is 0 Å². The summed E-state index contributed by atoms with van der Waals surface area (Å²) in [5.74, 6) is -0.148. The number of unbranched alkanes of at least 4 members (excludes halogenated alkanes) is 8. The average Bonchev–Trinajstić information content (AvgIpc) is 3.13. The first-order chi connectivity index (χ1) is 25.7. The van der Waals surface area contributed by atoms with E-state index in [9.17, 15) is 9.59 Å². The molecule has 5 heteroatoms. The minimum absolute atomic E-state index is 0.0457. The fourth-order valence-corrected chi connectivity index (χ4v) is 6.91. The first-order valence-electron chi connectivity index (χ1n) is 21.5. The van der Waals surface area contributed by atoms with E-state index in [1.807, 2.05) is 0 Å². The smallest absolute Gasteiger partial charge is 0.306 e. The second kappa shape index (κ2) is 29.4. The van der Waals surface area contributed by atoms with Crippen molar-refractivity contribution in [3.63, 3.8) is 0 Å². The van der Waals surface area contributed by atoms with E-state index in [1.165, 1.54) is 79.2 Å². The van der Waals surface area contributed by atoms with E-state index in [1.54, 1.807) is 0 Å². The van der Waals surface area contributed by atoms with Gasteiger partial charge in [0.05, 0.1) is 0 Å². The van der Waals surface area contributed by atoms with Gasteiger partial charge in [-0.25, -0.2) is 0 Å². The fourth-order valence-electron chi connectivity index (χ4n) is 6.91. The molecule has 298 valence electrons. The van der Waals surface area contributed by atoms with Crippen LogP contribution in [-0.4, -0.2) is 49.7 Å². The Hall–Kier alpha value is -2.92. The third-order valence-corrected chi connectivity index (χ3v) is 10.4. The molecule has 0 fully saturated rings. The zero-order valence-electron chi connectivity index (χ0n) is 34.9. The van der Waals surface area contributed by atoms with E-state index in [4.69, 9.17) is 9.47 Å². The molecule has 0 bridgehead atoms. The molecule has 0 unspecified atom stereocenters. The number of nitrogens with zero attached hydrogens (tertiary/aromatic N) is 1. The van der Waals surface area contributed by atoms with Crippen LogP contribution in [0.1, 0.15) is 171 Å². The van der Waals surface area contributed by atoms with Gasteiger partial charge in [-0.2, -0.15) is 0 Å². The standard InChI is InChI=1S/C48H77NO4/c1-7-9-11-13-15-23-45(24-16-14-12-10-8-2)52-47(50)25-17-20-42(22-19-39-49(5)6)21-18-26-48(51)53-46(37-35-43-31-27-40(3)28-32-43)38-36-44-33-29-41(4)30-34-44/h22,27-34,45-46H,7-21,23-26,35-39H2,1-6H3/b42-22-. The van der Waals surface area contributed by atoms with Crippen molar-refractivity contribution < 1.29 is 19.1 Å². The van der Waals surface area contributed by atoms with Crippen LogP contribution >= 0.6 is 0 Å². The highest BCUT2D eigenvalue weighted by Gasteiger charge is 2.17. The lowest BCUT2D eigenvalue weighted by atomic mass is 9.99. The Kier molecular flexibility index (Phi) is 25.7. The second-order valence-corrected chi connectivity index (χ2v) is 15.8. The molecular weight excluding hydrogens is 655 g/mol. The van der Waals surface area contributed by atoms with E-state index < -0.39 is 0 Å². The average molecular weight is 732 g/mol. The lowest BCUT2D eigenvalue weighted by Crippen LogP contribution is -2.20. The molecule has 0 saturated carbocycles. The number of esters is 2. The van der Waals surface area contributed by atoms with Crippen LogP contribution in [0.25, 0.3) is 0 Å². The van der Waals surface area contributed by atoms with Crippen molar-refractivity contribution >= 4 is 11.9 Å². The molecule has 0 heterocycles. The Bertz CT molecular complexity index is 1190. The SMILES string of the molecule is CCCCCCCC(CCCCCCC)OC(=O)CCC/C(=C/CCN(C)C)CCCC(=O)OC(CCc1ccc(C)cc1)CCc1ccc(C)cc1. The molecule has 0 saturated heterocycles. The first-order valence-corrected chi connectivity index (χ1v) is 21.5. The molecule has 2 aromatic carbocycles. The predicted molar refractivity (Wildman–Crippen MR) is 224 cm³/mol. The third kappa shape index (κ3) is 24.2. The Morgan fingerprint density at radius 1 is 0.566 bits per heavy atom. The maximum absolute atomic E-state index is 13.2. The molecule has 2 aromatic rings. The van der Waals surface area contributed by atoms with Gasteiger partial charge in [0, 0.05) is 19.4 Å². The minimum Gasteiger partial charge on any atom is -0.462 e. The molecule has 0 aliphatic rings. The van der Waals surface area contributed by atoms with Gasteiger partial charge in [0.2, 0.25) is 0 Å². The molecule has 0 atom stereocenters. The Balaban J connectivity index is 1.89. The summed E-state index contributed by atoms with van der Waals surface area (Å²) in [6.07, 6.45) is 25.2. The number of carbonyl (C=O) groups excluding carboxylic acids is 2. The number of rotatable bonds is 31. The summed E-state index contributed by atoms with van der Waals surface area (Å²) in [4.78, 5) is 28.4. The minimum atomic E-state index is -0.109. The largest absolute Gasteiger partial charge is 0.462 e. The Labute approximate surface area is 325 Å². The lowest BCUT2D eigenvalue weighted by Gasteiger charge is -2.19. The number of allylic oxidation sites excluding steroid dienone is 1. The van der Waals surface area contributed by atoms with Gasteiger partial charge in [-0.15, -0.1) is 0 Å². The molecular formula is C48H77NO4.